The summed E-state index contributed by atoms with van der Waals surface area (Å²) in [6, 6.07) is 5.46. The molecule has 3 rings (SSSR count). The van der Waals surface area contributed by atoms with Crippen LogP contribution in [-0.4, -0.2) is 61.3 Å². The zero-order valence-corrected chi connectivity index (χ0v) is 19.8. The predicted molar refractivity (Wildman–Crippen MR) is 118 cm³/mol. The average Bonchev–Trinajstić information content (AvgIpc) is 2.73. The van der Waals surface area contributed by atoms with E-state index in [-0.39, 0.29) is 48.5 Å². The van der Waals surface area contributed by atoms with Crippen LogP contribution in [0.4, 0.5) is 0 Å². The van der Waals surface area contributed by atoms with E-state index in [9.17, 15) is 18.0 Å². The maximum Gasteiger partial charge on any atom is 0.309 e. The van der Waals surface area contributed by atoms with Crippen LogP contribution >= 0.6 is 0 Å². The maximum atomic E-state index is 12.9. The van der Waals surface area contributed by atoms with Crippen molar-refractivity contribution in [1.29, 1.82) is 0 Å². The van der Waals surface area contributed by atoms with Gasteiger partial charge in [0.05, 0.1) is 10.8 Å². The van der Waals surface area contributed by atoms with Gasteiger partial charge in [-0.2, -0.15) is 4.31 Å². The van der Waals surface area contributed by atoms with E-state index in [0.717, 1.165) is 30.4 Å². The zero-order chi connectivity index (χ0) is 22.8. The van der Waals surface area contributed by atoms with Gasteiger partial charge in [-0.15, -0.1) is 0 Å². The van der Waals surface area contributed by atoms with E-state index in [0.29, 0.717) is 12.8 Å². The second-order valence-corrected chi connectivity index (χ2v) is 10.9. The highest BCUT2D eigenvalue weighted by Gasteiger charge is 2.34. The molecule has 7 nitrogen and oxygen atoms in total. The van der Waals surface area contributed by atoms with Crippen LogP contribution in [0, 0.1) is 19.8 Å². The summed E-state index contributed by atoms with van der Waals surface area (Å²) < 4.78 is 32.6. The first-order valence-electron chi connectivity index (χ1n) is 11.2. The molecule has 2 saturated heterocycles. The van der Waals surface area contributed by atoms with Gasteiger partial charge in [-0.25, -0.2) is 8.42 Å². The number of carbonyl (C=O) groups is 2. The van der Waals surface area contributed by atoms with Crippen LogP contribution < -0.4 is 0 Å². The molecule has 0 aliphatic carbocycles. The molecular formula is C23H34N2O5S. The van der Waals surface area contributed by atoms with Gasteiger partial charge in [0.25, 0.3) is 5.91 Å². The van der Waals surface area contributed by atoms with Crippen molar-refractivity contribution in [3.05, 3.63) is 29.3 Å². The molecule has 0 radical (unpaired) electrons. The van der Waals surface area contributed by atoms with Gasteiger partial charge in [0, 0.05) is 25.2 Å². The highest BCUT2D eigenvalue weighted by molar-refractivity contribution is 7.89. The molecule has 0 unspecified atom stereocenters. The van der Waals surface area contributed by atoms with Crippen molar-refractivity contribution in [3.63, 3.8) is 0 Å². The topological polar surface area (TPSA) is 84.0 Å². The molecule has 2 heterocycles. The number of sulfonamides is 1. The number of likely N-dealkylation sites (tertiary alicyclic amines) is 1. The minimum Gasteiger partial charge on any atom is -0.455 e. The Hall–Kier alpha value is -1.93. The van der Waals surface area contributed by atoms with Crippen LogP contribution in [0.1, 0.15) is 57.1 Å². The molecule has 2 atom stereocenters. The minimum absolute atomic E-state index is 0.150. The first-order valence-corrected chi connectivity index (χ1v) is 12.6. The van der Waals surface area contributed by atoms with Gasteiger partial charge < -0.3 is 9.64 Å². The number of benzene rings is 1. The highest BCUT2D eigenvalue weighted by Crippen LogP contribution is 2.26. The minimum atomic E-state index is -3.58. The molecule has 2 fully saturated rings. The first kappa shape index (κ1) is 23.7. The van der Waals surface area contributed by atoms with E-state index in [2.05, 4.69) is 0 Å². The summed E-state index contributed by atoms with van der Waals surface area (Å²) in [5.74, 6) is -0.938. The summed E-state index contributed by atoms with van der Waals surface area (Å²) in [5.41, 5.74) is 1.98. The summed E-state index contributed by atoms with van der Waals surface area (Å²) in [6.45, 7) is 8.19. The van der Waals surface area contributed by atoms with Crippen molar-refractivity contribution in [2.45, 2.75) is 76.8 Å². The lowest BCUT2D eigenvalue weighted by atomic mass is 9.97. The number of esters is 1. The van der Waals surface area contributed by atoms with Crippen LogP contribution in [0.15, 0.2) is 23.1 Å². The zero-order valence-electron chi connectivity index (χ0n) is 19.0. The fraction of sp³-hybridized carbons (Fsp3) is 0.652. The quantitative estimate of drug-likeness (QED) is 0.644. The SMILES string of the molecule is Cc1ccc(S(=O)(=O)N2CCC(C(=O)OCC(=O)N3[C@@H](C)CCC[C@@H]3C)CC2)cc1C. The molecule has 1 aromatic rings. The molecule has 172 valence electrons. The Bertz CT molecular complexity index is 912. The number of rotatable bonds is 5. The molecule has 1 aromatic carbocycles. The summed E-state index contributed by atoms with van der Waals surface area (Å²) in [6.07, 6.45) is 3.84. The van der Waals surface area contributed by atoms with Crippen LogP contribution in [0.25, 0.3) is 0 Å². The Morgan fingerprint density at radius 1 is 1.00 bits per heavy atom. The second kappa shape index (κ2) is 9.69. The molecule has 2 aliphatic heterocycles. The van der Waals surface area contributed by atoms with E-state index in [1.807, 2.05) is 38.7 Å². The molecule has 0 aromatic heterocycles. The van der Waals surface area contributed by atoms with Crippen molar-refractivity contribution < 1.29 is 22.7 Å². The van der Waals surface area contributed by atoms with Gasteiger partial charge in [0.2, 0.25) is 10.0 Å². The van der Waals surface area contributed by atoms with E-state index >= 15 is 0 Å². The number of amides is 1. The lowest BCUT2D eigenvalue weighted by molar-refractivity contribution is -0.158. The number of ether oxygens (including phenoxy) is 1. The van der Waals surface area contributed by atoms with Gasteiger partial charge in [0.15, 0.2) is 6.61 Å². The number of hydrogen-bond donors (Lipinski definition) is 0. The summed E-state index contributed by atoms with van der Waals surface area (Å²) in [7, 11) is -3.58. The Labute approximate surface area is 185 Å². The number of aryl methyl sites for hydroxylation is 2. The van der Waals surface area contributed by atoms with E-state index in [1.165, 1.54) is 4.31 Å². The van der Waals surface area contributed by atoms with Gasteiger partial charge in [-0.05, 0) is 83.1 Å². The highest BCUT2D eigenvalue weighted by atomic mass is 32.2. The molecule has 31 heavy (non-hydrogen) atoms. The van der Waals surface area contributed by atoms with Gasteiger partial charge in [-0.3, -0.25) is 9.59 Å². The molecule has 2 aliphatic rings. The molecule has 0 bridgehead atoms. The third-order valence-electron chi connectivity index (χ3n) is 6.72. The van der Waals surface area contributed by atoms with Crippen molar-refractivity contribution >= 4 is 21.9 Å². The monoisotopic (exact) mass is 450 g/mol. The lowest BCUT2D eigenvalue weighted by Crippen LogP contribution is -2.49. The Balaban J connectivity index is 1.52. The van der Waals surface area contributed by atoms with Crippen LogP contribution in [0.5, 0.6) is 0 Å². The summed E-state index contributed by atoms with van der Waals surface area (Å²) in [5, 5.41) is 0. The number of piperidine rings is 2. The molecular weight excluding hydrogens is 416 g/mol. The largest absolute Gasteiger partial charge is 0.455 e. The van der Waals surface area contributed by atoms with Gasteiger partial charge in [-0.1, -0.05) is 6.07 Å². The van der Waals surface area contributed by atoms with Gasteiger partial charge >= 0.3 is 5.97 Å². The van der Waals surface area contributed by atoms with Crippen LogP contribution in [-0.2, 0) is 24.3 Å². The lowest BCUT2D eigenvalue weighted by Gasteiger charge is -2.39. The van der Waals surface area contributed by atoms with Crippen LogP contribution in [0.3, 0.4) is 0 Å². The number of carbonyl (C=O) groups excluding carboxylic acids is 2. The fourth-order valence-electron chi connectivity index (χ4n) is 4.59. The number of hydrogen-bond acceptors (Lipinski definition) is 5. The Kier molecular flexibility index (Phi) is 7.42. The van der Waals surface area contributed by atoms with Crippen LogP contribution in [0.2, 0.25) is 0 Å². The molecule has 8 heteroatoms. The first-order chi connectivity index (χ1) is 14.6. The van der Waals surface area contributed by atoms with E-state index in [1.54, 1.807) is 12.1 Å². The third-order valence-corrected chi connectivity index (χ3v) is 8.62. The van der Waals surface area contributed by atoms with Crippen molar-refractivity contribution in [1.82, 2.24) is 9.21 Å². The third kappa shape index (κ3) is 5.29. The molecule has 0 saturated carbocycles. The number of nitrogens with zero attached hydrogens (tertiary/aromatic N) is 2. The van der Waals surface area contributed by atoms with Gasteiger partial charge in [0.1, 0.15) is 0 Å². The van der Waals surface area contributed by atoms with Crippen molar-refractivity contribution in [2.75, 3.05) is 19.7 Å². The normalized spacial score (nSPS) is 23.5. The summed E-state index contributed by atoms with van der Waals surface area (Å²) in [4.78, 5) is 27.2. The summed E-state index contributed by atoms with van der Waals surface area (Å²) >= 11 is 0. The predicted octanol–water partition coefficient (Wildman–Crippen LogP) is 3.04. The van der Waals surface area contributed by atoms with Crippen molar-refractivity contribution in [2.24, 2.45) is 5.92 Å². The van der Waals surface area contributed by atoms with E-state index in [4.69, 9.17) is 4.74 Å². The van der Waals surface area contributed by atoms with E-state index < -0.39 is 16.0 Å². The average molecular weight is 451 g/mol. The second-order valence-electron chi connectivity index (χ2n) is 8.96. The maximum absolute atomic E-state index is 12.9. The van der Waals surface area contributed by atoms with Crippen molar-refractivity contribution in [3.8, 4) is 0 Å². The molecule has 1 amide bonds. The molecule has 0 spiro atoms. The standard InChI is InChI=1S/C23H34N2O5S/c1-16-8-9-21(14-17(16)2)31(28,29)24-12-10-20(11-13-24)23(27)30-15-22(26)25-18(3)6-5-7-19(25)4/h8-9,14,18-20H,5-7,10-13,15H2,1-4H3/t18-,19-/m0/s1. The molecule has 0 N–H and O–H groups in total. The smallest absolute Gasteiger partial charge is 0.309 e. The fourth-order valence-corrected chi connectivity index (χ4v) is 6.15. The Morgan fingerprint density at radius 2 is 1.61 bits per heavy atom. The Morgan fingerprint density at radius 3 is 2.19 bits per heavy atom.